The highest BCUT2D eigenvalue weighted by Crippen LogP contribution is 1.91. The predicted octanol–water partition coefficient (Wildman–Crippen LogP) is 1.06. The Balaban J connectivity index is 3.44. The zero-order valence-corrected chi connectivity index (χ0v) is 8.09. The maximum absolute atomic E-state index is 10.9. The molecule has 0 atom stereocenters. The summed E-state index contributed by atoms with van der Waals surface area (Å²) in [6.07, 6.45) is 0. The average Bonchev–Trinajstić information content (AvgIpc) is 2.03. The third kappa shape index (κ3) is 4.91. The Hall–Kier alpha value is -0.830. The third-order valence-electron chi connectivity index (χ3n) is 1.59. The lowest BCUT2D eigenvalue weighted by Gasteiger charge is -2.13. The Morgan fingerprint density at radius 3 is 2.58 bits per heavy atom. The molecule has 0 bridgehead atoms. The molecule has 12 heavy (non-hydrogen) atoms. The minimum atomic E-state index is -0.306. The minimum absolute atomic E-state index is 0.306. The molecular weight excluding hydrogens is 154 g/mol. The molecule has 3 nitrogen and oxygen atoms in total. The summed E-state index contributed by atoms with van der Waals surface area (Å²) in [6, 6.07) is 0. The number of likely N-dealkylation sites (N-methyl/N-ethyl adjacent to an activating group) is 1. The van der Waals surface area contributed by atoms with Gasteiger partial charge in [-0.3, -0.25) is 0 Å². The van der Waals surface area contributed by atoms with Gasteiger partial charge in [0.2, 0.25) is 0 Å². The Bertz CT molecular complexity index is 166. The van der Waals surface area contributed by atoms with Crippen LogP contribution in [0.1, 0.15) is 13.8 Å². The Morgan fingerprint density at radius 1 is 1.58 bits per heavy atom. The van der Waals surface area contributed by atoms with Gasteiger partial charge in [-0.05, 0) is 20.5 Å². The molecule has 0 radical (unpaired) electrons. The summed E-state index contributed by atoms with van der Waals surface area (Å²) >= 11 is 0. The summed E-state index contributed by atoms with van der Waals surface area (Å²) in [5, 5.41) is 0. The fraction of sp³-hybridized carbons (Fsp3) is 0.667. The summed E-state index contributed by atoms with van der Waals surface area (Å²) < 4.78 is 4.90. The fourth-order valence-electron chi connectivity index (χ4n) is 0.575. The maximum Gasteiger partial charge on any atom is 0.333 e. The molecule has 0 spiro atoms. The van der Waals surface area contributed by atoms with Gasteiger partial charge in [0.1, 0.15) is 6.61 Å². The van der Waals surface area contributed by atoms with E-state index >= 15 is 0 Å². The zero-order valence-electron chi connectivity index (χ0n) is 8.09. The van der Waals surface area contributed by atoms with Crippen LogP contribution in [0, 0.1) is 0 Å². The molecule has 0 fully saturated rings. The van der Waals surface area contributed by atoms with Crippen molar-refractivity contribution < 1.29 is 9.53 Å². The molecule has 0 aromatic carbocycles. The van der Waals surface area contributed by atoms with Crippen LogP contribution >= 0.6 is 0 Å². The first-order chi connectivity index (χ1) is 5.57. The Labute approximate surface area is 74.0 Å². The van der Waals surface area contributed by atoms with E-state index in [9.17, 15) is 4.79 Å². The van der Waals surface area contributed by atoms with E-state index in [2.05, 4.69) is 18.4 Å². The summed E-state index contributed by atoms with van der Waals surface area (Å²) in [6.45, 7) is 9.36. The Morgan fingerprint density at radius 2 is 2.17 bits per heavy atom. The minimum Gasteiger partial charge on any atom is -0.461 e. The van der Waals surface area contributed by atoms with Crippen LogP contribution in [0.4, 0.5) is 0 Å². The summed E-state index contributed by atoms with van der Waals surface area (Å²) in [5.74, 6) is -0.306. The van der Waals surface area contributed by atoms with Gasteiger partial charge < -0.3 is 9.64 Å². The van der Waals surface area contributed by atoms with Crippen molar-refractivity contribution in [3.05, 3.63) is 12.2 Å². The van der Waals surface area contributed by atoms with Gasteiger partial charge in [0, 0.05) is 12.1 Å². The van der Waals surface area contributed by atoms with E-state index in [0.717, 1.165) is 13.1 Å². The highest BCUT2D eigenvalue weighted by molar-refractivity contribution is 5.86. The highest BCUT2D eigenvalue weighted by Gasteiger charge is 2.02. The average molecular weight is 171 g/mol. The van der Waals surface area contributed by atoms with Gasteiger partial charge in [0.25, 0.3) is 0 Å². The molecule has 0 heterocycles. The van der Waals surface area contributed by atoms with E-state index in [1.165, 1.54) is 0 Å². The molecule has 0 amide bonds. The van der Waals surface area contributed by atoms with Crippen molar-refractivity contribution in [2.24, 2.45) is 0 Å². The number of nitrogens with zero attached hydrogens (tertiary/aromatic N) is 1. The molecular formula is C9H17NO2. The monoisotopic (exact) mass is 171 g/mol. The lowest BCUT2D eigenvalue weighted by molar-refractivity contribution is -0.139. The van der Waals surface area contributed by atoms with Gasteiger partial charge in [0.15, 0.2) is 0 Å². The lowest BCUT2D eigenvalue weighted by atomic mass is 10.4. The maximum atomic E-state index is 10.9. The summed E-state index contributed by atoms with van der Waals surface area (Å²) in [5.41, 5.74) is 0.453. The van der Waals surface area contributed by atoms with Gasteiger partial charge in [-0.15, -0.1) is 0 Å². The van der Waals surface area contributed by atoms with Gasteiger partial charge in [-0.1, -0.05) is 13.5 Å². The summed E-state index contributed by atoms with van der Waals surface area (Å²) in [7, 11) is 1.98. The van der Waals surface area contributed by atoms with E-state index in [1.807, 2.05) is 7.05 Å². The van der Waals surface area contributed by atoms with Crippen molar-refractivity contribution in [1.82, 2.24) is 4.90 Å². The predicted molar refractivity (Wildman–Crippen MR) is 48.9 cm³/mol. The second-order valence-corrected chi connectivity index (χ2v) is 2.81. The molecule has 0 aliphatic rings. The van der Waals surface area contributed by atoms with Gasteiger partial charge in [-0.2, -0.15) is 0 Å². The zero-order chi connectivity index (χ0) is 9.56. The second kappa shape index (κ2) is 5.77. The molecule has 0 saturated heterocycles. The topological polar surface area (TPSA) is 29.5 Å². The molecule has 70 valence electrons. The molecule has 0 rings (SSSR count). The van der Waals surface area contributed by atoms with Crippen LogP contribution in [0.2, 0.25) is 0 Å². The molecule has 0 unspecified atom stereocenters. The second-order valence-electron chi connectivity index (χ2n) is 2.81. The molecule has 0 aromatic rings. The van der Waals surface area contributed by atoms with Crippen LogP contribution in [-0.4, -0.2) is 37.6 Å². The van der Waals surface area contributed by atoms with Gasteiger partial charge >= 0.3 is 5.97 Å². The first-order valence-corrected chi connectivity index (χ1v) is 4.09. The summed E-state index contributed by atoms with van der Waals surface area (Å²) in [4.78, 5) is 12.9. The molecule has 0 aromatic heterocycles. The number of carbonyl (C=O) groups is 1. The van der Waals surface area contributed by atoms with Crippen LogP contribution in [0.5, 0.6) is 0 Å². The van der Waals surface area contributed by atoms with Crippen molar-refractivity contribution >= 4 is 5.97 Å². The fourth-order valence-corrected chi connectivity index (χ4v) is 0.575. The number of esters is 1. The number of hydrogen-bond donors (Lipinski definition) is 0. The smallest absolute Gasteiger partial charge is 0.333 e. The van der Waals surface area contributed by atoms with E-state index in [-0.39, 0.29) is 5.97 Å². The first kappa shape index (κ1) is 11.2. The Kier molecular flexibility index (Phi) is 5.37. The quantitative estimate of drug-likeness (QED) is 0.457. The van der Waals surface area contributed by atoms with Crippen LogP contribution in [0.3, 0.4) is 0 Å². The standard InChI is InChI=1S/C9H17NO2/c1-5-10(4)6-7-12-9(11)8(2)3/h2,5-7H2,1,3-4H3. The molecule has 3 heteroatoms. The van der Waals surface area contributed by atoms with Crippen LogP contribution in [0.15, 0.2) is 12.2 Å². The number of ether oxygens (including phenoxy) is 1. The van der Waals surface area contributed by atoms with Crippen LogP contribution in [-0.2, 0) is 9.53 Å². The van der Waals surface area contributed by atoms with Crippen molar-refractivity contribution in [3.63, 3.8) is 0 Å². The van der Waals surface area contributed by atoms with Gasteiger partial charge in [-0.25, -0.2) is 4.79 Å². The van der Waals surface area contributed by atoms with Crippen molar-refractivity contribution in [2.45, 2.75) is 13.8 Å². The number of hydrogen-bond acceptors (Lipinski definition) is 3. The first-order valence-electron chi connectivity index (χ1n) is 4.09. The molecule has 0 aliphatic carbocycles. The normalized spacial score (nSPS) is 10.0. The van der Waals surface area contributed by atoms with Gasteiger partial charge in [0.05, 0.1) is 0 Å². The van der Waals surface area contributed by atoms with Crippen LogP contribution < -0.4 is 0 Å². The number of carbonyl (C=O) groups excluding carboxylic acids is 1. The van der Waals surface area contributed by atoms with Crippen molar-refractivity contribution in [2.75, 3.05) is 26.7 Å². The highest BCUT2D eigenvalue weighted by atomic mass is 16.5. The van der Waals surface area contributed by atoms with Crippen molar-refractivity contribution in [1.29, 1.82) is 0 Å². The molecule has 0 saturated carbocycles. The van der Waals surface area contributed by atoms with E-state index < -0.39 is 0 Å². The molecule has 0 aliphatic heterocycles. The number of rotatable bonds is 5. The third-order valence-corrected chi connectivity index (χ3v) is 1.59. The van der Waals surface area contributed by atoms with Crippen LogP contribution in [0.25, 0.3) is 0 Å². The van der Waals surface area contributed by atoms with E-state index in [4.69, 9.17) is 4.74 Å². The SMILES string of the molecule is C=C(C)C(=O)OCCN(C)CC. The largest absolute Gasteiger partial charge is 0.461 e. The van der Waals surface area contributed by atoms with Crippen molar-refractivity contribution in [3.8, 4) is 0 Å². The van der Waals surface area contributed by atoms with E-state index in [0.29, 0.717) is 12.2 Å². The molecule has 0 N–H and O–H groups in total. The van der Waals surface area contributed by atoms with E-state index in [1.54, 1.807) is 6.92 Å². The lowest BCUT2D eigenvalue weighted by Crippen LogP contribution is -2.24.